The summed E-state index contributed by atoms with van der Waals surface area (Å²) in [5, 5.41) is 30.6. The highest BCUT2D eigenvalue weighted by Crippen LogP contribution is 2.37. The van der Waals surface area contributed by atoms with Gasteiger partial charge in [0.15, 0.2) is 5.65 Å². The van der Waals surface area contributed by atoms with Gasteiger partial charge in [0.25, 0.3) is 0 Å². The molecule has 37 heavy (non-hydrogen) atoms. The van der Waals surface area contributed by atoms with Crippen LogP contribution in [0.1, 0.15) is 36.8 Å². The van der Waals surface area contributed by atoms with Crippen molar-refractivity contribution in [3.8, 4) is 12.1 Å². The molecule has 190 valence electrons. The molecule has 0 spiro atoms. The molecule has 3 aliphatic rings. The summed E-state index contributed by atoms with van der Waals surface area (Å²) in [6, 6.07) is 8.82. The normalized spacial score (nSPS) is 18.9. The molecule has 2 aromatic heterocycles. The van der Waals surface area contributed by atoms with Crippen molar-refractivity contribution >= 4 is 40.5 Å². The molecule has 0 radical (unpaired) electrons. The molecule has 2 N–H and O–H groups in total. The van der Waals surface area contributed by atoms with Gasteiger partial charge in [0.2, 0.25) is 11.9 Å². The maximum absolute atomic E-state index is 9.74. The molecule has 1 saturated carbocycles. The van der Waals surface area contributed by atoms with Gasteiger partial charge in [-0.1, -0.05) is 11.6 Å². The summed E-state index contributed by atoms with van der Waals surface area (Å²) in [4.78, 5) is 13.9. The van der Waals surface area contributed by atoms with E-state index in [4.69, 9.17) is 16.3 Å². The number of rotatable bonds is 6. The van der Waals surface area contributed by atoms with Gasteiger partial charge < -0.3 is 20.3 Å². The first-order chi connectivity index (χ1) is 18.1. The zero-order valence-corrected chi connectivity index (χ0v) is 21.1. The third kappa shape index (κ3) is 4.86. The van der Waals surface area contributed by atoms with Crippen molar-refractivity contribution in [3.63, 3.8) is 0 Å². The van der Waals surface area contributed by atoms with E-state index in [1.165, 1.54) is 6.20 Å². The van der Waals surface area contributed by atoms with E-state index in [2.05, 4.69) is 47.6 Å². The number of ether oxygens (including phenoxy) is 1. The lowest BCUT2D eigenvalue weighted by molar-refractivity contribution is 0.0321. The SMILES string of the molecule is N#Cc1cc(Nc2nc(NC3CC3)n3ncc(C#N)c3n2)c(Cl)c(N2CCN(C3CCOCC3)CC2)c1. The van der Waals surface area contributed by atoms with Crippen molar-refractivity contribution in [2.24, 2.45) is 0 Å². The fraction of sp³-hybridized carbons (Fsp3) is 0.480. The van der Waals surface area contributed by atoms with Gasteiger partial charge in [-0.05, 0) is 37.8 Å². The van der Waals surface area contributed by atoms with Crippen molar-refractivity contribution in [1.82, 2.24) is 24.5 Å². The van der Waals surface area contributed by atoms with Crippen molar-refractivity contribution in [3.05, 3.63) is 34.5 Å². The van der Waals surface area contributed by atoms with Gasteiger partial charge >= 0.3 is 0 Å². The highest BCUT2D eigenvalue weighted by atomic mass is 35.5. The highest BCUT2D eigenvalue weighted by Gasteiger charge is 2.28. The number of anilines is 4. The smallest absolute Gasteiger partial charge is 0.232 e. The second-order valence-corrected chi connectivity index (χ2v) is 10.0. The molecule has 0 amide bonds. The van der Waals surface area contributed by atoms with E-state index in [1.54, 1.807) is 10.6 Å². The Morgan fingerprint density at radius 2 is 1.78 bits per heavy atom. The van der Waals surface area contributed by atoms with Crippen LogP contribution in [-0.2, 0) is 4.74 Å². The summed E-state index contributed by atoms with van der Waals surface area (Å²) < 4.78 is 7.06. The van der Waals surface area contributed by atoms with Crippen LogP contribution >= 0.6 is 11.6 Å². The first-order valence-corrected chi connectivity index (χ1v) is 13.0. The largest absolute Gasteiger partial charge is 0.381 e. The molecule has 0 bridgehead atoms. The predicted octanol–water partition coefficient (Wildman–Crippen LogP) is 3.14. The van der Waals surface area contributed by atoms with Crippen LogP contribution in [0.2, 0.25) is 5.02 Å². The van der Waals surface area contributed by atoms with E-state index < -0.39 is 0 Å². The molecule has 3 fully saturated rings. The number of nitriles is 2. The minimum Gasteiger partial charge on any atom is -0.381 e. The number of hydrogen-bond donors (Lipinski definition) is 2. The van der Waals surface area contributed by atoms with E-state index in [9.17, 15) is 10.5 Å². The molecule has 2 saturated heterocycles. The Balaban J connectivity index is 1.27. The summed E-state index contributed by atoms with van der Waals surface area (Å²) in [5.41, 5.74) is 2.61. The number of aromatic nitrogens is 4. The lowest BCUT2D eigenvalue weighted by Crippen LogP contribution is -2.51. The van der Waals surface area contributed by atoms with Crippen LogP contribution in [0.4, 0.5) is 23.3 Å². The summed E-state index contributed by atoms with van der Waals surface area (Å²) in [5.74, 6) is 0.786. The quantitative estimate of drug-likeness (QED) is 0.501. The number of benzene rings is 1. The lowest BCUT2D eigenvalue weighted by Gasteiger charge is -2.41. The maximum Gasteiger partial charge on any atom is 0.232 e. The molecule has 2 aliphatic heterocycles. The van der Waals surface area contributed by atoms with Crippen molar-refractivity contribution in [2.45, 2.75) is 37.8 Å². The van der Waals surface area contributed by atoms with Gasteiger partial charge in [-0.2, -0.15) is 30.1 Å². The Kier molecular flexibility index (Phi) is 6.43. The lowest BCUT2D eigenvalue weighted by atomic mass is 10.1. The monoisotopic (exact) mass is 518 g/mol. The second-order valence-electron chi connectivity index (χ2n) is 9.66. The Morgan fingerprint density at radius 1 is 1.00 bits per heavy atom. The molecule has 12 heteroatoms. The van der Waals surface area contributed by atoms with E-state index in [0.29, 0.717) is 45.5 Å². The number of fused-ring (bicyclic) bond motifs is 1. The molecule has 1 aromatic carbocycles. The van der Waals surface area contributed by atoms with Gasteiger partial charge in [-0.25, -0.2) is 0 Å². The van der Waals surface area contributed by atoms with E-state index >= 15 is 0 Å². The number of halogens is 1. The van der Waals surface area contributed by atoms with E-state index in [1.807, 2.05) is 6.07 Å². The Morgan fingerprint density at radius 3 is 2.49 bits per heavy atom. The van der Waals surface area contributed by atoms with E-state index in [0.717, 1.165) is 70.8 Å². The van der Waals surface area contributed by atoms with Gasteiger partial charge in [0.1, 0.15) is 11.6 Å². The zero-order valence-electron chi connectivity index (χ0n) is 20.3. The second kappa shape index (κ2) is 10.0. The molecule has 0 unspecified atom stereocenters. The number of nitrogens with zero attached hydrogens (tertiary/aromatic N) is 8. The third-order valence-electron chi connectivity index (χ3n) is 7.19. The molecule has 11 nitrogen and oxygen atoms in total. The molecular formula is C25H27ClN10O. The molecule has 6 rings (SSSR count). The first-order valence-electron chi connectivity index (χ1n) is 12.6. The van der Waals surface area contributed by atoms with Crippen LogP contribution in [-0.4, -0.2) is 76.0 Å². The highest BCUT2D eigenvalue weighted by molar-refractivity contribution is 6.36. The van der Waals surface area contributed by atoms with Gasteiger partial charge in [-0.3, -0.25) is 4.90 Å². The summed E-state index contributed by atoms with van der Waals surface area (Å²) >= 11 is 6.91. The van der Waals surface area contributed by atoms with Crippen molar-refractivity contribution < 1.29 is 4.74 Å². The average molecular weight is 519 g/mol. The number of nitrogens with one attached hydrogen (secondary N) is 2. The van der Waals surface area contributed by atoms with Crippen LogP contribution in [0.25, 0.3) is 5.65 Å². The predicted molar refractivity (Wildman–Crippen MR) is 139 cm³/mol. The van der Waals surface area contributed by atoms with Gasteiger partial charge in [-0.15, -0.1) is 0 Å². The zero-order chi connectivity index (χ0) is 25.4. The van der Waals surface area contributed by atoms with Crippen molar-refractivity contribution in [2.75, 3.05) is 54.9 Å². The first kappa shape index (κ1) is 23.7. The third-order valence-corrected chi connectivity index (χ3v) is 7.59. The summed E-state index contributed by atoms with van der Waals surface area (Å²) in [6.45, 7) is 5.19. The molecule has 3 aromatic rings. The topological polar surface area (TPSA) is 130 Å². The van der Waals surface area contributed by atoms with Crippen LogP contribution in [0.5, 0.6) is 0 Å². The average Bonchev–Trinajstić information content (AvgIpc) is 3.66. The number of piperazine rings is 1. The van der Waals surface area contributed by atoms with Crippen molar-refractivity contribution in [1.29, 1.82) is 10.5 Å². The molecular weight excluding hydrogens is 492 g/mol. The minimum absolute atomic E-state index is 0.278. The maximum atomic E-state index is 9.74. The summed E-state index contributed by atoms with van der Waals surface area (Å²) in [6.07, 6.45) is 5.74. The van der Waals surface area contributed by atoms with Crippen LogP contribution < -0.4 is 15.5 Å². The van der Waals surface area contributed by atoms with Crippen LogP contribution in [0.15, 0.2) is 18.3 Å². The fourth-order valence-electron chi connectivity index (χ4n) is 5.01. The molecule has 0 atom stereocenters. The fourth-order valence-corrected chi connectivity index (χ4v) is 5.29. The van der Waals surface area contributed by atoms with Crippen LogP contribution in [0, 0.1) is 22.7 Å². The van der Waals surface area contributed by atoms with Crippen LogP contribution in [0.3, 0.4) is 0 Å². The van der Waals surface area contributed by atoms with Gasteiger partial charge in [0.05, 0.1) is 34.2 Å². The van der Waals surface area contributed by atoms with E-state index in [-0.39, 0.29) is 5.95 Å². The standard InChI is InChI=1S/C25H27ClN10O/c26-22-20(31-24-32-23-17(14-28)15-29-36(23)25(33-24)30-18-1-2-18)11-16(13-27)12-21(22)35-7-5-34(6-8-35)19-3-9-37-10-4-19/h11-12,15,18-19H,1-10H2,(H2,30,31,32,33). The Bertz CT molecular complexity index is 1390. The summed E-state index contributed by atoms with van der Waals surface area (Å²) in [7, 11) is 0. The Hall–Kier alpha value is -3.64. The van der Waals surface area contributed by atoms with Gasteiger partial charge in [0, 0.05) is 51.5 Å². The molecule has 4 heterocycles. The molecule has 1 aliphatic carbocycles. The Labute approximate surface area is 219 Å². The minimum atomic E-state index is 0.278. The number of hydrogen-bond acceptors (Lipinski definition) is 10.